The van der Waals surface area contributed by atoms with E-state index in [2.05, 4.69) is 35.2 Å². The molecule has 0 amide bonds. The first kappa shape index (κ1) is 17.9. The van der Waals surface area contributed by atoms with Gasteiger partial charge in [-0.25, -0.2) is 4.68 Å². The summed E-state index contributed by atoms with van der Waals surface area (Å²) < 4.78 is 6.68. The number of hydrogen-bond donors (Lipinski definition) is 0. The Balaban J connectivity index is 1.63. The maximum atomic E-state index is 12.3. The summed E-state index contributed by atoms with van der Waals surface area (Å²) in [7, 11) is 0. The Morgan fingerprint density at radius 1 is 0.929 bits per heavy atom. The number of aromatic nitrogens is 4. The second kappa shape index (κ2) is 7.23. The van der Waals surface area contributed by atoms with E-state index in [9.17, 15) is 4.79 Å². The molecule has 0 aliphatic carbocycles. The Kier molecular flexibility index (Phi) is 4.61. The fourth-order valence-electron chi connectivity index (χ4n) is 2.97. The van der Waals surface area contributed by atoms with Gasteiger partial charge in [0.15, 0.2) is 0 Å². The topological polar surface area (TPSA) is 73.8 Å². The molecule has 0 spiro atoms. The highest BCUT2D eigenvalue weighted by molar-refractivity contribution is 5.60. The smallest absolute Gasteiger partial charge is 0.267 e. The Morgan fingerprint density at radius 2 is 1.79 bits per heavy atom. The van der Waals surface area contributed by atoms with E-state index in [1.54, 1.807) is 6.07 Å². The van der Waals surface area contributed by atoms with Gasteiger partial charge in [0.1, 0.15) is 6.54 Å². The molecule has 2 aromatic heterocycles. The lowest BCUT2D eigenvalue weighted by Gasteiger charge is -2.07. The van der Waals surface area contributed by atoms with Crippen LogP contribution in [0.4, 0.5) is 0 Å². The van der Waals surface area contributed by atoms with Gasteiger partial charge in [-0.05, 0) is 50.1 Å². The average Bonchev–Trinajstić information content (AvgIpc) is 3.14. The van der Waals surface area contributed by atoms with Gasteiger partial charge in [0, 0.05) is 17.2 Å². The lowest BCUT2D eigenvalue weighted by molar-refractivity contribution is 0.363. The monoisotopic (exact) mass is 372 g/mol. The van der Waals surface area contributed by atoms with Gasteiger partial charge >= 0.3 is 0 Å². The number of rotatable bonds is 4. The van der Waals surface area contributed by atoms with Gasteiger partial charge in [-0.15, -0.1) is 0 Å². The standard InChI is InChI=1S/C22H20N4O2/c1-14-5-4-6-18(11-14)22-23-20(28-25-22)13-26-21(27)10-9-19(24-26)17-8-7-15(2)16(3)12-17/h4-12H,13H2,1-3H3. The Hall–Kier alpha value is -3.54. The van der Waals surface area contributed by atoms with Crippen LogP contribution in [0.15, 0.2) is 63.9 Å². The van der Waals surface area contributed by atoms with E-state index in [0.29, 0.717) is 11.7 Å². The minimum atomic E-state index is -0.220. The second-order valence-corrected chi connectivity index (χ2v) is 6.89. The third kappa shape index (κ3) is 3.62. The van der Waals surface area contributed by atoms with Crippen LogP contribution in [0.5, 0.6) is 0 Å². The molecule has 0 radical (unpaired) electrons. The first-order valence-electron chi connectivity index (χ1n) is 9.05. The number of nitrogens with zero attached hydrogens (tertiary/aromatic N) is 4. The zero-order valence-electron chi connectivity index (χ0n) is 16.0. The summed E-state index contributed by atoms with van der Waals surface area (Å²) in [5, 5.41) is 8.51. The Labute approximate surface area is 162 Å². The molecule has 0 aliphatic rings. The van der Waals surface area contributed by atoms with Gasteiger partial charge < -0.3 is 4.52 Å². The molecular formula is C22H20N4O2. The van der Waals surface area contributed by atoms with Crippen molar-refractivity contribution in [3.05, 3.63) is 87.5 Å². The largest absolute Gasteiger partial charge is 0.337 e. The normalized spacial score (nSPS) is 11.0. The summed E-state index contributed by atoms with van der Waals surface area (Å²) in [4.78, 5) is 16.7. The van der Waals surface area contributed by atoms with E-state index < -0.39 is 0 Å². The quantitative estimate of drug-likeness (QED) is 0.543. The van der Waals surface area contributed by atoms with Crippen molar-refractivity contribution < 1.29 is 4.52 Å². The highest BCUT2D eigenvalue weighted by Gasteiger charge is 2.12. The molecule has 0 saturated carbocycles. The van der Waals surface area contributed by atoms with Crippen LogP contribution in [0.1, 0.15) is 22.6 Å². The maximum absolute atomic E-state index is 12.3. The van der Waals surface area contributed by atoms with Gasteiger partial charge in [0.25, 0.3) is 5.56 Å². The summed E-state index contributed by atoms with van der Waals surface area (Å²) in [6.45, 7) is 6.25. The molecule has 2 heterocycles. The lowest BCUT2D eigenvalue weighted by Crippen LogP contribution is -2.23. The van der Waals surface area contributed by atoms with Gasteiger partial charge in [-0.3, -0.25) is 4.79 Å². The van der Waals surface area contributed by atoms with Crippen molar-refractivity contribution in [3.8, 4) is 22.6 Å². The molecule has 0 bridgehead atoms. The summed E-state index contributed by atoms with van der Waals surface area (Å²) >= 11 is 0. The molecule has 4 aromatic rings. The van der Waals surface area contributed by atoms with Crippen LogP contribution in [-0.4, -0.2) is 19.9 Å². The predicted octanol–water partition coefficient (Wildman–Crippen LogP) is 3.93. The molecule has 2 aromatic carbocycles. The minimum Gasteiger partial charge on any atom is -0.337 e. The summed E-state index contributed by atoms with van der Waals surface area (Å²) in [5.41, 5.74) is 5.84. The molecule has 140 valence electrons. The van der Waals surface area contributed by atoms with Crippen molar-refractivity contribution in [2.45, 2.75) is 27.3 Å². The van der Waals surface area contributed by atoms with Crippen LogP contribution >= 0.6 is 0 Å². The third-order valence-corrected chi connectivity index (χ3v) is 4.70. The van der Waals surface area contributed by atoms with Gasteiger partial charge in [0.2, 0.25) is 11.7 Å². The molecule has 0 N–H and O–H groups in total. The zero-order valence-corrected chi connectivity index (χ0v) is 16.0. The second-order valence-electron chi connectivity index (χ2n) is 6.89. The van der Waals surface area contributed by atoms with E-state index in [0.717, 1.165) is 22.4 Å². The maximum Gasteiger partial charge on any atom is 0.267 e. The summed E-state index contributed by atoms with van der Waals surface area (Å²) in [6.07, 6.45) is 0. The molecule has 0 fully saturated rings. The highest BCUT2D eigenvalue weighted by atomic mass is 16.5. The first-order valence-corrected chi connectivity index (χ1v) is 9.05. The SMILES string of the molecule is Cc1cccc(-c2noc(Cn3nc(-c4ccc(C)c(C)c4)ccc3=O)n2)c1. The van der Waals surface area contributed by atoms with Crippen molar-refractivity contribution in [3.63, 3.8) is 0 Å². The Bertz CT molecular complexity index is 1210. The van der Waals surface area contributed by atoms with Gasteiger partial charge in [0.05, 0.1) is 5.69 Å². The molecule has 6 heteroatoms. The van der Waals surface area contributed by atoms with Crippen molar-refractivity contribution in [2.24, 2.45) is 0 Å². The van der Waals surface area contributed by atoms with Gasteiger partial charge in [-0.1, -0.05) is 41.1 Å². The molecule has 0 saturated heterocycles. The third-order valence-electron chi connectivity index (χ3n) is 4.70. The molecule has 28 heavy (non-hydrogen) atoms. The minimum absolute atomic E-state index is 0.121. The number of aryl methyl sites for hydroxylation is 3. The first-order chi connectivity index (χ1) is 13.5. The van der Waals surface area contributed by atoms with Crippen LogP contribution in [0.25, 0.3) is 22.6 Å². The van der Waals surface area contributed by atoms with Crippen molar-refractivity contribution >= 4 is 0 Å². The zero-order chi connectivity index (χ0) is 19.7. The van der Waals surface area contributed by atoms with E-state index in [1.807, 2.05) is 43.3 Å². The molecule has 0 atom stereocenters. The fraction of sp³-hybridized carbons (Fsp3) is 0.182. The number of benzene rings is 2. The number of hydrogen-bond acceptors (Lipinski definition) is 5. The van der Waals surface area contributed by atoms with E-state index in [-0.39, 0.29) is 12.1 Å². The lowest BCUT2D eigenvalue weighted by atomic mass is 10.0. The molecule has 6 nitrogen and oxygen atoms in total. The molecule has 0 aliphatic heterocycles. The average molecular weight is 372 g/mol. The summed E-state index contributed by atoms with van der Waals surface area (Å²) in [6, 6.07) is 17.2. The van der Waals surface area contributed by atoms with Crippen LogP contribution in [-0.2, 0) is 6.54 Å². The molecule has 4 rings (SSSR count). The van der Waals surface area contributed by atoms with Crippen molar-refractivity contribution in [1.29, 1.82) is 0 Å². The molecular weight excluding hydrogens is 352 g/mol. The van der Waals surface area contributed by atoms with Crippen LogP contribution < -0.4 is 5.56 Å². The van der Waals surface area contributed by atoms with Crippen LogP contribution in [0.2, 0.25) is 0 Å². The van der Waals surface area contributed by atoms with Crippen LogP contribution in [0.3, 0.4) is 0 Å². The van der Waals surface area contributed by atoms with Crippen molar-refractivity contribution in [2.75, 3.05) is 0 Å². The van der Waals surface area contributed by atoms with E-state index in [4.69, 9.17) is 4.52 Å². The van der Waals surface area contributed by atoms with Crippen molar-refractivity contribution in [1.82, 2.24) is 19.9 Å². The van der Waals surface area contributed by atoms with Gasteiger partial charge in [-0.2, -0.15) is 10.1 Å². The summed E-state index contributed by atoms with van der Waals surface area (Å²) in [5.74, 6) is 0.834. The highest BCUT2D eigenvalue weighted by Crippen LogP contribution is 2.20. The molecule has 0 unspecified atom stereocenters. The van der Waals surface area contributed by atoms with E-state index >= 15 is 0 Å². The van der Waals surface area contributed by atoms with E-state index in [1.165, 1.54) is 21.9 Å². The predicted molar refractivity (Wildman–Crippen MR) is 107 cm³/mol. The van der Waals surface area contributed by atoms with Crippen LogP contribution in [0, 0.1) is 20.8 Å². The fourth-order valence-corrected chi connectivity index (χ4v) is 2.97. The Morgan fingerprint density at radius 3 is 2.57 bits per heavy atom.